The lowest BCUT2D eigenvalue weighted by Gasteiger charge is -2.08. The van der Waals surface area contributed by atoms with Crippen molar-refractivity contribution in [1.82, 2.24) is 0 Å². The Balaban J connectivity index is 2.87. The summed E-state index contributed by atoms with van der Waals surface area (Å²) in [6.07, 6.45) is 0. The lowest BCUT2D eigenvalue weighted by molar-refractivity contribution is 0.409. The third-order valence-corrected chi connectivity index (χ3v) is 2.44. The van der Waals surface area contributed by atoms with E-state index >= 15 is 0 Å². The molecule has 1 nitrogen and oxygen atoms in total. The summed E-state index contributed by atoms with van der Waals surface area (Å²) in [5, 5.41) is 8.75. The summed E-state index contributed by atoms with van der Waals surface area (Å²) >= 11 is 0. The maximum absolute atomic E-state index is 13.6. The number of nitrogens with zero attached hydrogens (tertiary/aromatic N) is 1. The highest BCUT2D eigenvalue weighted by molar-refractivity contribution is 5.71. The Morgan fingerprint density at radius 3 is 1.89 bits per heavy atom. The minimum absolute atomic E-state index is 0.101. The van der Waals surface area contributed by atoms with Crippen molar-refractivity contribution in [2.24, 2.45) is 0 Å². The molecule has 90 valence electrons. The van der Waals surface area contributed by atoms with Gasteiger partial charge >= 0.3 is 0 Å². The van der Waals surface area contributed by atoms with Crippen LogP contribution in [0, 0.1) is 34.6 Å². The van der Waals surface area contributed by atoms with Crippen LogP contribution >= 0.6 is 0 Å². The van der Waals surface area contributed by atoms with Gasteiger partial charge in [-0.25, -0.2) is 17.6 Å². The fraction of sp³-hybridized carbons (Fsp3) is 0. The van der Waals surface area contributed by atoms with Crippen molar-refractivity contribution in [1.29, 1.82) is 5.26 Å². The molecule has 0 aliphatic rings. The predicted octanol–water partition coefficient (Wildman–Crippen LogP) is 3.78. The van der Waals surface area contributed by atoms with Crippen molar-refractivity contribution in [3.05, 3.63) is 59.2 Å². The second-order valence-electron chi connectivity index (χ2n) is 3.48. The van der Waals surface area contributed by atoms with Crippen molar-refractivity contribution < 1.29 is 17.6 Å². The summed E-state index contributed by atoms with van der Waals surface area (Å²) < 4.78 is 53.2. The molecule has 2 rings (SSSR count). The van der Waals surface area contributed by atoms with Gasteiger partial charge in [0.1, 0.15) is 11.6 Å². The van der Waals surface area contributed by atoms with Gasteiger partial charge in [0.25, 0.3) is 0 Å². The average Bonchev–Trinajstić information content (AvgIpc) is 2.41. The molecule has 5 heteroatoms. The second kappa shape index (κ2) is 4.49. The highest BCUT2D eigenvalue weighted by atomic mass is 19.2. The highest BCUT2D eigenvalue weighted by Gasteiger charge is 2.25. The molecule has 0 amide bonds. The molecule has 0 bridgehead atoms. The molecule has 0 unspecified atom stereocenters. The van der Waals surface area contributed by atoms with E-state index in [-0.39, 0.29) is 5.56 Å². The molecule has 0 saturated heterocycles. The van der Waals surface area contributed by atoms with Crippen molar-refractivity contribution in [3.8, 4) is 17.2 Å². The maximum Gasteiger partial charge on any atom is 0.198 e. The zero-order valence-corrected chi connectivity index (χ0v) is 8.85. The Morgan fingerprint density at radius 2 is 1.33 bits per heavy atom. The van der Waals surface area contributed by atoms with E-state index in [0.29, 0.717) is 0 Å². The molecule has 0 atom stereocenters. The molecule has 0 spiro atoms. The van der Waals surface area contributed by atoms with Gasteiger partial charge in [-0.1, -0.05) is 30.3 Å². The van der Waals surface area contributed by atoms with Crippen molar-refractivity contribution in [3.63, 3.8) is 0 Å². The zero-order chi connectivity index (χ0) is 13.3. The Kier molecular flexibility index (Phi) is 3.02. The number of rotatable bonds is 1. The highest BCUT2D eigenvalue weighted by Crippen LogP contribution is 2.31. The quantitative estimate of drug-likeness (QED) is 0.430. The van der Waals surface area contributed by atoms with Crippen LogP contribution in [0.3, 0.4) is 0 Å². The smallest absolute Gasteiger partial charge is 0.198 e. The topological polar surface area (TPSA) is 23.8 Å². The second-order valence-corrected chi connectivity index (χ2v) is 3.48. The van der Waals surface area contributed by atoms with Gasteiger partial charge in [0.15, 0.2) is 23.3 Å². The molecule has 0 fully saturated rings. The van der Waals surface area contributed by atoms with E-state index in [2.05, 4.69) is 0 Å². The van der Waals surface area contributed by atoms with E-state index in [4.69, 9.17) is 5.26 Å². The molecular formula is C13H5F4N. The standard InChI is InChI=1S/C13H5F4N/c14-10-8(6-18)9(7-4-2-1-3-5-7)11(15)13(17)12(10)16/h1-5H. The van der Waals surface area contributed by atoms with Gasteiger partial charge in [0.05, 0.1) is 0 Å². The number of hydrogen-bond acceptors (Lipinski definition) is 1. The lowest BCUT2D eigenvalue weighted by Crippen LogP contribution is -2.03. The summed E-state index contributed by atoms with van der Waals surface area (Å²) in [7, 11) is 0. The summed E-state index contributed by atoms with van der Waals surface area (Å²) in [6, 6.07) is 8.72. The van der Waals surface area contributed by atoms with E-state index in [1.807, 2.05) is 0 Å². The zero-order valence-electron chi connectivity index (χ0n) is 8.85. The van der Waals surface area contributed by atoms with Crippen LogP contribution < -0.4 is 0 Å². The number of nitriles is 1. The Bertz CT molecular complexity index is 645. The van der Waals surface area contributed by atoms with Gasteiger partial charge < -0.3 is 0 Å². The van der Waals surface area contributed by atoms with Crippen LogP contribution in [0.25, 0.3) is 11.1 Å². The molecule has 2 aromatic rings. The minimum atomic E-state index is -1.98. The van der Waals surface area contributed by atoms with Crippen LogP contribution in [0.1, 0.15) is 5.56 Å². The van der Waals surface area contributed by atoms with Gasteiger partial charge in [0, 0.05) is 5.56 Å². The molecule has 0 heterocycles. The van der Waals surface area contributed by atoms with Crippen LogP contribution in [0.15, 0.2) is 30.3 Å². The fourth-order valence-corrected chi connectivity index (χ4v) is 1.61. The Morgan fingerprint density at radius 1 is 0.778 bits per heavy atom. The molecule has 0 N–H and O–H groups in total. The van der Waals surface area contributed by atoms with Gasteiger partial charge in [-0.15, -0.1) is 0 Å². The van der Waals surface area contributed by atoms with Crippen LogP contribution in [-0.4, -0.2) is 0 Å². The molecular weight excluding hydrogens is 246 g/mol. The first-order chi connectivity index (χ1) is 8.57. The first-order valence-electron chi connectivity index (χ1n) is 4.89. The van der Waals surface area contributed by atoms with Crippen LogP contribution in [0.2, 0.25) is 0 Å². The number of hydrogen-bond donors (Lipinski definition) is 0. The molecule has 0 aromatic heterocycles. The van der Waals surface area contributed by atoms with Crippen molar-refractivity contribution in [2.75, 3.05) is 0 Å². The molecule has 2 aromatic carbocycles. The summed E-state index contributed by atoms with van der Waals surface area (Å²) in [6.45, 7) is 0. The predicted molar refractivity (Wildman–Crippen MR) is 56.4 cm³/mol. The van der Waals surface area contributed by atoms with Crippen molar-refractivity contribution >= 4 is 0 Å². The van der Waals surface area contributed by atoms with E-state index in [1.165, 1.54) is 30.3 Å². The normalized spacial score (nSPS) is 10.2. The van der Waals surface area contributed by atoms with E-state index in [9.17, 15) is 17.6 Å². The van der Waals surface area contributed by atoms with Gasteiger partial charge in [0.2, 0.25) is 0 Å². The number of benzene rings is 2. The minimum Gasteiger partial charge on any atom is -0.203 e. The third-order valence-electron chi connectivity index (χ3n) is 2.44. The van der Waals surface area contributed by atoms with Gasteiger partial charge in [-0.3, -0.25) is 0 Å². The fourth-order valence-electron chi connectivity index (χ4n) is 1.61. The third kappa shape index (κ3) is 1.72. The molecule has 0 aliphatic carbocycles. The van der Waals surface area contributed by atoms with E-state index in [1.54, 1.807) is 6.07 Å². The molecule has 0 saturated carbocycles. The molecule has 0 radical (unpaired) electrons. The SMILES string of the molecule is N#Cc1c(F)c(F)c(F)c(F)c1-c1ccccc1. The van der Waals surface area contributed by atoms with Gasteiger partial charge in [-0.2, -0.15) is 5.26 Å². The van der Waals surface area contributed by atoms with E-state index < -0.39 is 34.4 Å². The maximum atomic E-state index is 13.6. The monoisotopic (exact) mass is 251 g/mol. The summed E-state index contributed by atoms with van der Waals surface area (Å²) in [5.41, 5.74) is -1.32. The van der Waals surface area contributed by atoms with Crippen LogP contribution in [0.5, 0.6) is 0 Å². The van der Waals surface area contributed by atoms with E-state index in [0.717, 1.165) is 0 Å². The first-order valence-corrected chi connectivity index (χ1v) is 4.89. The summed E-state index contributed by atoms with van der Waals surface area (Å²) in [5.74, 6) is -7.17. The molecule has 0 aliphatic heterocycles. The van der Waals surface area contributed by atoms with Crippen molar-refractivity contribution in [2.45, 2.75) is 0 Å². The average molecular weight is 251 g/mol. The number of halogens is 4. The Hall–Kier alpha value is -2.35. The van der Waals surface area contributed by atoms with Crippen LogP contribution in [0.4, 0.5) is 17.6 Å². The Labute approximate surface area is 99.9 Å². The molecule has 18 heavy (non-hydrogen) atoms. The first kappa shape index (κ1) is 12.1. The van der Waals surface area contributed by atoms with Crippen LogP contribution in [-0.2, 0) is 0 Å². The largest absolute Gasteiger partial charge is 0.203 e. The summed E-state index contributed by atoms with van der Waals surface area (Å²) in [4.78, 5) is 0. The van der Waals surface area contributed by atoms with Gasteiger partial charge in [-0.05, 0) is 5.56 Å². The lowest BCUT2D eigenvalue weighted by atomic mass is 9.98.